The van der Waals surface area contributed by atoms with Gasteiger partial charge in [0.25, 0.3) is 0 Å². The van der Waals surface area contributed by atoms with Crippen LogP contribution in [-0.2, 0) is 25.6 Å². The number of aromatic hydroxyl groups is 1. The van der Waals surface area contributed by atoms with Crippen LogP contribution in [0.1, 0.15) is 19.4 Å². The average Bonchev–Trinajstić information content (AvgIpc) is 2.75. The molecule has 4 atom stereocenters. The van der Waals surface area contributed by atoms with Crippen molar-refractivity contribution in [3.05, 3.63) is 29.8 Å². The quantitative estimate of drug-likeness (QED) is 0.167. The molecule has 0 radical (unpaired) electrons. The lowest BCUT2D eigenvalue weighted by molar-refractivity contribution is -0.143. The molecule has 9 N–H and O–H groups in total. The van der Waals surface area contributed by atoms with Gasteiger partial charge in [-0.25, -0.2) is 4.79 Å². The van der Waals surface area contributed by atoms with Gasteiger partial charge in [0.1, 0.15) is 29.9 Å². The summed E-state index contributed by atoms with van der Waals surface area (Å²) in [5, 5.41) is 44.1. The van der Waals surface area contributed by atoms with E-state index in [2.05, 4.69) is 16.0 Å². The third-order valence-corrected chi connectivity index (χ3v) is 4.59. The molecule has 0 saturated heterocycles. The topological polar surface area (TPSA) is 211 Å². The summed E-state index contributed by atoms with van der Waals surface area (Å²) in [6.07, 6.45) is -0.0649. The Balaban J connectivity index is 3.06. The molecule has 0 spiro atoms. The van der Waals surface area contributed by atoms with Crippen molar-refractivity contribution in [3.63, 3.8) is 0 Å². The summed E-state index contributed by atoms with van der Waals surface area (Å²) in [4.78, 5) is 48.7. The van der Waals surface area contributed by atoms with Crippen LogP contribution < -0.4 is 21.7 Å². The Labute approximate surface area is 184 Å². The fourth-order valence-electron chi connectivity index (χ4n) is 2.67. The summed E-state index contributed by atoms with van der Waals surface area (Å²) in [5.41, 5.74) is 5.93. The number of hydrogen-bond donors (Lipinski definition) is 8. The molecule has 1 aromatic rings. The number of aliphatic hydroxyl groups excluding tert-OH is 2. The summed E-state index contributed by atoms with van der Waals surface area (Å²) >= 11 is 0. The summed E-state index contributed by atoms with van der Waals surface area (Å²) in [7, 11) is 0. The Hall–Kier alpha value is -3.22. The molecule has 0 fully saturated rings. The zero-order valence-electron chi connectivity index (χ0n) is 17.8. The molecule has 0 saturated carbocycles. The predicted octanol–water partition coefficient (Wildman–Crippen LogP) is -2.56. The normalized spacial score (nSPS) is 14.7. The number of carbonyl (C=O) groups is 4. The summed E-state index contributed by atoms with van der Waals surface area (Å²) < 4.78 is 0. The lowest BCUT2D eigenvalue weighted by atomic mass is 10.0. The smallest absolute Gasteiger partial charge is 0.326 e. The summed E-state index contributed by atoms with van der Waals surface area (Å²) in [5.74, 6) is -4.28. The zero-order valence-corrected chi connectivity index (χ0v) is 17.8. The van der Waals surface area contributed by atoms with Gasteiger partial charge < -0.3 is 42.1 Å². The van der Waals surface area contributed by atoms with Crippen molar-refractivity contribution >= 4 is 23.7 Å². The molecule has 1 aromatic carbocycles. The molecule has 178 valence electrons. The lowest BCUT2D eigenvalue weighted by Gasteiger charge is -2.25. The van der Waals surface area contributed by atoms with E-state index in [9.17, 15) is 34.5 Å². The number of amides is 3. The standard InChI is InChI=1S/C20H30N4O8/c1-10(2)16(20(31)32)24-18(29)14(7-11-3-5-12(27)6-4-11)22-19(30)15(9-26)23-17(28)13(21)8-25/h3-6,10,13-16,25-27H,7-9,21H2,1-2H3,(H,22,30)(H,23,28)(H,24,29)(H,31,32). The van der Waals surface area contributed by atoms with Gasteiger partial charge in [-0.3, -0.25) is 14.4 Å². The molecule has 0 aliphatic heterocycles. The Kier molecular flexibility index (Phi) is 10.5. The van der Waals surface area contributed by atoms with E-state index in [-0.39, 0.29) is 12.2 Å². The number of carboxylic acid groups (broad SMARTS) is 1. The fraction of sp³-hybridized carbons (Fsp3) is 0.500. The molecule has 0 heterocycles. The van der Waals surface area contributed by atoms with Crippen LogP contribution in [0.2, 0.25) is 0 Å². The number of nitrogens with one attached hydrogen (secondary N) is 3. The first-order valence-electron chi connectivity index (χ1n) is 9.89. The second-order valence-corrected chi connectivity index (χ2v) is 7.53. The Morgan fingerprint density at radius 2 is 1.41 bits per heavy atom. The average molecular weight is 454 g/mol. The van der Waals surface area contributed by atoms with E-state index in [1.54, 1.807) is 13.8 Å². The first-order chi connectivity index (χ1) is 15.0. The number of aliphatic hydroxyl groups is 2. The van der Waals surface area contributed by atoms with Gasteiger partial charge in [-0.1, -0.05) is 26.0 Å². The minimum atomic E-state index is -1.46. The number of rotatable bonds is 12. The van der Waals surface area contributed by atoms with Gasteiger partial charge in [0, 0.05) is 6.42 Å². The van der Waals surface area contributed by atoms with E-state index in [0.717, 1.165) is 0 Å². The molecule has 32 heavy (non-hydrogen) atoms. The van der Waals surface area contributed by atoms with Crippen LogP contribution in [0.5, 0.6) is 5.75 Å². The second kappa shape index (κ2) is 12.6. The van der Waals surface area contributed by atoms with Crippen LogP contribution in [0.3, 0.4) is 0 Å². The number of aliphatic carboxylic acids is 1. The highest BCUT2D eigenvalue weighted by molar-refractivity contribution is 5.94. The van der Waals surface area contributed by atoms with Gasteiger partial charge in [0.05, 0.1) is 13.2 Å². The maximum absolute atomic E-state index is 12.8. The molecule has 12 nitrogen and oxygen atoms in total. The molecule has 0 aromatic heterocycles. The first kappa shape index (κ1) is 26.8. The monoisotopic (exact) mass is 454 g/mol. The van der Waals surface area contributed by atoms with E-state index >= 15 is 0 Å². The molecule has 0 bridgehead atoms. The third kappa shape index (κ3) is 8.13. The molecule has 4 unspecified atom stereocenters. The second-order valence-electron chi connectivity index (χ2n) is 7.53. The van der Waals surface area contributed by atoms with Crippen LogP contribution >= 0.6 is 0 Å². The Bertz CT molecular complexity index is 799. The molecule has 0 aliphatic carbocycles. The van der Waals surface area contributed by atoms with E-state index in [1.165, 1.54) is 24.3 Å². The van der Waals surface area contributed by atoms with Gasteiger partial charge in [-0.05, 0) is 23.6 Å². The van der Waals surface area contributed by atoms with Crippen molar-refractivity contribution in [2.75, 3.05) is 13.2 Å². The van der Waals surface area contributed by atoms with Gasteiger partial charge in [-0.15, -0.1) is 0 Å². The summed E-state index contributed by atoms with van der Waals surface area (Å²) in [6, 6.07) is 0.559. The van der Waals surface area contributed by atoms with Crippen molar-refractivity contribution in [3.8, 4) is 5.75 Å². The molecule has 1 rings (SSSR count). The van der Waals surface area contributed by atoms with Crippen molar-refractivity contribution in [1.29, 1.82) is 0 Å². The van der Waals surface area contributed by atoms with E-state index in [0.29, 0.717) is 5.56 Å². The van der Waals surface area contributed by atoms with Crippen molar-refractivity contribution < 1.29 is 39.6 Å². The highest BCUT2D eigenvalue weighted by Gasteiger charge is 2.31. The molecular weight excluding hydrogens is 424 g/mol. The number of hydrogen-bond acceptors (Lipinski definition) is 8. The SMILES string of the molecule is CC(C)C(NC(=O)C(Cc1ccc(O)cc1)NC(=O)C(CO)NC(=O)C(N)CO)C(=O)O. The highest BCUT2D eigenvalue weighted by Crippen LogP contribution is 2.12. The van der Waals surface area contributed by atoms with E-state index in [1.807, 2.05) is 0 Å². The van der Waals surface area contributed by atoms with Crippen molar-refractivity contribution in [2.24, 2.45) is 11.7 Å². The lowest BCUT2D eigenvalue weighted by Crippen LogP contribution is -2.59. The van der Waals surface area contributed by atoms with Gasteiger partial charge in [-0.2, -0.15) is 0 Å². The van der Waals surface area contributed by atoms with Crippen LogP contribution in [0.15, 0.2) is 24.3 Å². The van der Waals surface area contributed by atoms with Crippen molar-refractivity contribution in [2.45, 2.75) is 44.4 Å². The largest absolute Gasteiger partial charge is 0.508 e. The van der Waals surface area contributed by atoms with E-state index in [4.69, 9.17) is 10.8 Å². The number of nitrogens with two attached hydrogens (primary N) is 1. The fourth-order valence-corrected chi connectivity index (χ4v) is 2.67. The predicted molar refractivity (Wildman–Crippen MR) is 112 cm³/mol. The van der Waals surface area contributed by atoms with Crippen LogP contribution in [-0.4, -0.2) is 81.5 Å². The number of phenols is 1. The number of phenolic OH excluding ortho intramolecular Hbond substituents is 1. The Morgan fingerprint density at radius 1 is 0.875 bits per heavy atom. The minimum Gasteiger partial charge on any atom is -0.508 e. The molecule has 12 heteroatoms. The van der Waals surface area contributed by atoms with Gasteiger partial charge in [0.2, 0.25) is 17.7 Å². The van der Waals surface area contributed by atoms with E-state index < -0.39 is 67.0 Å². The summed E-state index contributed by atoms with van der Waals surface area (Å²) in [6.45, 7) is 1.72. The first-order valence-corrected chi connectivity index (χ1v) is 9.89. The molecule has 3 amide bonds. The van der Waals surface area contributed by atoms with Crippen LogP contribution in [0.25, 0.3) is 0 Å². The Morgan fingerprint density at radius 3 is 1.88 bits per heavy atom. The van der Waals surface area contributed by atoms with Crippen LogP contribution in [0.4, 0.5) is 0 Å². The van der Waals surface area contributed by atoms with Crippen molar-refractivity contribution in [1.82, 2.24) is 16.0 Å². The number of carbonyl (C=O) groups excluding carboxylic acids is 3. The molecule has 0 aliphatic rings. The third-order valence-electron chi connectivity index (χ3n) is 4.59. The van der Waals surface area contributed by atoms with Crippen LogP contribution in [0, 0.1) is 5.92 Å². The van der Waals surface area contributed by atoms with Gasteiger partial charge >= 0.3 is 5.97 Å². The zero-order chi connectivity index (χ0) is 24.4. The number of carboxylic acids is 1. The minimum absolute atomic E-state index is 0.00665. The molecular formula is C20H30N4O8. The number of benzene rings is 1. The highest BCUT2D eigenvalue weighted by atomic mass is 16.4. The van der Waals surface area contributed by atoms with Gasteiger partial charge in [0.15, 0.2) is 0 Å². The maximum Gasteiger partial charge on any atom is 0.326 e. The maximum atomic E-state index is 12.8.